The molecule has 3 aromatic carbocycles. The highest BCUT2D eigenvalue weighted by molar-refractivity contribution is 5.79. The number of methoxy groups -OCH3 is 2. The van der Waals surface area contributed by atoms with Crippen LogP contribution >= 0.6 is 0 Å². The van der Waals surface area contributed by atoms with Gasteiger partial charge in [0.15, 0.2) is 0 Å². The largest absolute Gasteiger partial charge is 0.497 e. The summed E-state index contributed by atoms with van der Waals surface area (Å²) in [5.74, 6) is 2.93. The van der Waals surface area contributed by atoms with Crippen LogP contribution in [-0.4, -0.2) is 62.3 Å². The summed E-state index contributed by atoms with van der Waals surface area (Å²) in [7, 11) is 5.56. The summed E-state index contributed by atoms with van der Waals surface area (Å²) in [6.07, 6.45) is 2.38. The van der Waals surface area contributed by atoms with Gasteiger partial charge in [0.05, 0.1) is 19.9 Å². The zero-order valence-electron chi connectivity index (χ0n) is 24.1. The van der Waals surface area contributed by atoms with Crippen LogP contribution in [0.1, 0.15) is 22.3 Å². The smallest absolute Gasteiger partial charge is 0.222 e. The third-order valence-corrected chi connectivity index (χ3v) is 8.56. The molecule has 0 spiro atoms. The fraction of sp³-hybridized carbons (Fsp3) is 0.333. The predicted molar refractivity (Wildman–Crippen MR) is 165 cm³/mol. The van der Waals surface area contributed by atoms with Gasteiger partial charge >= 0.3 is 0 Å². The van der Waals surface area contributed by atoms with Crippen LogP contribution in [0, 0.1) is 0 Å². The summed E-state index contributed by atoms with van der Waals surface area (Å²) in [5.41, 5.74) is 20.0. The zero-order chi connectivity index (χ0) is 28.6. The van der Waals surface area contributed by atoms with Crippen molar-refractivity contribution >= 4 is 17.5 Å². The maximum Gasteiger partial charge on any atom is 0.222 e. The fourth-order valence-corrected chi connectivity index (χ4v) is 6.47. The second-order valence-corrected chi connectivity index (χ2v) is 11.3. The van der Waals surface area contributed by atoms with Crippen LogP contribution in [0.25, 0.3) is 11.3 Å². The Morgan fingerprint density at radius 3 is 1.93 bits per heavy atom. The van der Waals surface area contributed by atoms with E-state index in [1.54, 1.807) is 14.2 Å². The molecule has 1 aromatic heterocycles. The maximum atomic E-state index is 6.45. The van der Waals surface area contributed by atoms with Gasteiger partial charge in [-0.2, -0.15) is 4.98 Å². The Bertz CT molecular complexity index is 1480. The fourth-order valence-electron chi connectivity index (χ4n) is 6.47. The summed E-state index contributed by atoms with van der Waals surface area (Å²) in [5, 5.41) is 0. The first kappa shape index (κ1) is 26.9. The van der Waals surface area contributed by atoms with Gasteiger partial charge in [0.1, 0.15) is 17.3 Å². The molecule has 1 fully saturated rings. The lowest BCUT2D eigenvalue weighted by atomic mass is 9.63. The van der Waals surface area contributed by atoms with Crippen molar-refractivity contribution in [3.8, 4) is 22.8 Å². The van der Waals surface area contributed by atoms with E-state index in [0.29, 0.717) is 5.95 Å². The van der Waals surface area contributed by atoms with E-state index in [2.05, 4.69) is 53.2 Å². The number of nitrogens with two attached hydrogens (primary N) is 2. The van der Waals surface area contributed by atoms with Gasteiger partial charge in [0.25, 0.3) is 0 Å². The number of ether oxygens (including phenoxy) is 2. The SMILES string of the molecule is COc1ccc(CC2(Cc3ccc(OC)cc3)Cc3cc(N)ccc3-c3nc(N)nc(N4CCN(C)CC4)c32)cc1. The molecule has 0 amide bonds. The summed E-state index contributed by atoms with van der Waals surface area (Å²) in [6.45, 7) is 3.70. The van der Waals surface area contributed by atoms with Gasteiger partial charge in [-0.05, 0) is 79.4 Å². The second kappa shape index (κ2) is 10.9. The molecule has 0 bridgehead atoms. The standard InChI is InChI=1S/C33H38N6O2/c1-38-14-16-39(17-15-38)31-29-30(36-32(35)37-31)28-13-8-25(34)18-24(28)21-33(29,19-22-4-9-26(40-2)10-5-22)20-23-6-11-27(41-3)12-7-23/h4-13,18H,14-17,19-21,34H2,1-3H3,(H2,35,36,37). The van der Waals surface area contributed by atoms with Crippen molar-refractivity contribution in [3.05, 3.63) is 89.0 Å². The highest BCUT2D eigenvalue weighted by Crippen LogP contribution is 2.50. The average Bonchev–Trinajstić information content (AvgIpc) is 2.97. The molecule has 2 heterocycles. The number of hydrogen-bond donors (Lipinski definition) is 2. The molecule has 6 rings (SSSR count). The van der Waals surface area contributed by atoms with E-state index in [9.17, 15) is 0 Å². The van der Waals surface area contributed by atoms with Gasteiger partial charge in [-0.15, -0.1) is 0 Å². The molecule has 4 aromatic rings. The molecule has 212 valence electrons. The van der Waals surface area contributed by atoms with E-state index < -0.39 is 0 Å². The Labute approximate surface area is 241 Å². The third kappa shape index (κ3) is 5.27. The van der Waals surface area contributed by atoms with Gasteiger partial charge in [0, 0.05) is 48.4 Å². The zero-order valence-corrected chi connectivity index (χ0v) is 24.1. The van der Waals surface area contributed by atoms with Crippen LogP contribution < -0.4 is 25.8 Å². The summed E-state index contributed by atoms with van der Waals surface area (Å²) >= 11 is 0. The number of nitrogens with zero attached hydrogens (tertiary/aromatic N) is 4. The minimum atomic E-state index is -0.355. The van der Waals surface area contributed by atoms with Gasteiger partial charge in [-0.1, -0.05) is 30.3 Å². The van der Waals surface area contributed by atoms with Crippen molar-refractivity contribution in [1.82, 2.24) is 14.9 Å². The van der Waals surface area contributed by atoms with E-state index in [-0.39, 0.29) is 5.41 Å². The number of piperazine rings is 1. The van der Waals surface area contributed by atoms with Crippen molar-refractivity contribution < 1.29 is 9.47 Å². The third-order valence-electron chi connectivity index (χ3n) is 8.56. The highest BCUT2D eigenvalue weighted by atomic mass is 16.5. The summed E-state index contributed by atoms with van der Waals surface area (Å²) < 4.78 is 10.9. The monoisotopic (exact) mass is 550 g/mol. The van der Waals surface area contributed by atoms with Gasteiger partial charge in [-0.3, -0.25) is 0 Å². The molecule has 1 aliphatic carbocycles. The van der Waals surface area contributed by atoms with Crippen molar-refractivity contribution in [1.29, 1.82) is 0 Å². The minimum Gasteiger partial charge on any atom is -0.497 e. The average molecular weight is 551 g/mol. The molecule has 1 aliphatic heterocycles. The minimum absolute atomic E-state index is 0.296. The number of hydrogen-bond acceptors (Lipinski definition) is 8. The van der Waals surface area contributed by atoms with Crippen molar-refractivity contribution in [2.75, 3.05) is 63.8 Å². The maximum absolute atomic E-state index is 6.45. The number of nitrogen functional groups attached to an aromatic ring is 2. The van der Waals surface area contributed by atoms with Crippen molar-refractivity contribution in [2.45, 2.75) is 24.7 Å². The van der Waals surface area contributed by atoms with Crippen molar-refractivity contribution in [2.24, 2.45) is 0 Å². The van der Waals surface area contributed by atoms with Gasteiger partial charge in [0.2, 0.25) is 5.95 Å². The second-order valence-electron chi connectivity index (χ2n) is 11.3. The van der Waals surface area contributed by atoms with Crippen molar-refractivity contribution in [3.63, 3.8) is 0 Å². The lowest BCUT2D eigenvalue weighted by molar-refractivity contribution is 0.310. The Hall–Kier alpha value is -4.30. The first-order valence-corrected chi connectivity index (χ1v) is 14.1. The Morgan fingerprint density at radius 2 is 1.37 bits per heavy atom. The number of fused-ring (bicyclic) bond motifs is 3. The quantitative estimate of drug-likeness (QED) is 0.328. The van der Waals surface area contributed by atoms with Crippen LogP contribution in [0.2, 0.25) is 0 Å². The molecule has 0 atom stereocenters. The number of rotatable bonds is 7. The van der Waals surface area contributed by atoms with Crippen LogP contribution in [0.5, 0.6) is 11.5 Å². The summed E-state index contributed by atoms with van der Waals surface area (Å²) in [4.78, 5) is 14.7. The molecule has 8 heteroatoms. The van der Waals surface area contributed by atoms with Gasteiger partial charge in [-0.25, -0.2) is 4.98 Å². The first-order chi connectivity index (χ1) is 19.9. The number of benzene rings is 3. The van der Waals surface area contributed by atoms with Crippen LogP contribution in [-0.2, 0) is 24.7 Å². The molecule has 0 saturated carbocycles. The molecular weight excluding hydrogens is 512 g/mol. The first-order valence-electron chi connectivity index (χ1n) is 14.1. The molecule has 41 heavy (non-hydrogen) atoms. The Balaban J connectivity index is 1.58. The van der Waals surface area contributed by atoms with Crippen LogP contribution in [0.3, 0.4) is 0 Å². The lowest BCUT2D eigenvalue weighted by Gasteiger charge is -2.44. The topological polar surface area (TPSA) is 103 Å². The Morgan fingerprint density at radius 1 is 0.780 bits per heavy atom. The van der Waals surface area contributed by atoms with E-state index in [0.717, 1.165) is 79.7 Å². The van der Waals surface area contributed by atoms with Crippen LogP contribution in [0.4, 0.5) is 17.5 Å². The van der Waals surface area contributed by atoms with E-state index in [4.69, 9.17) is 30.9 Å². The van der Waals surface area contributed by atoms with Gasteiger partial charge < -0.3 is 30.7 Å². The molecule has 0 unspecified atom stereocenters. The lowest BCUT2D eigenvalue weighted by Crippen LogP contribution is -2.47. The normalized spacial score (nSPS) is 16.1. The van der Waals surface area contributed by atoms with E-state index in [1.807, 2.05) is 30.3 Å². The van der Waals surface area contributed by atoms with E-state index >= 15 is 0 Å². The van der Waals surface area contributed by atoms with Crippen LogP contribution in [0.15, 0.2) is 66.7 Å². The summed E-state index contributed by atoms with van der Waals surface area (Å²) in [6, 6.07) is 22.9. The van der Waals surface area contributed by atoms with E-state index in [1.165, 1.54) is 22.3 Å². The highest BCUT2D eigenvalue weighted by Gasteiger charge is 2.44. The molecule has 2 aliphatic rings. The molecule has 4 N–H and O–H groups in total. The molecule has 1 saturated heterocycles. The molecular formula is C33H38N6O2. The number of aromatic nitrogens is 2. The molecule has 0 radical (unpaired) electrons. The predicted octanol–water partition coefficient (Wildman–Crippen LogP) is 4.36. The Kier molecular flexibility index (Phi) is 7.17. The number of likely N-dealkylation sites (N-methyl/N-ethyl adjacent to an activating group) is 1. The number of anilines is 3. The molecule has 8 nitrogen and oxygen atoms in total.